The Hall–Kier alpha value is -3.36. The van der Waals surface area contributed by atoms with Crippen molar-refractivity contribution >= 4 is 13.3 Å². The third kappa shape index (κ3) is 4.23. The molecular weight excluding hydrogens is 385 g/mol. The Bertz CT molecular complexity index is 1130. The van der Waals surface area contributed by atoms with Gasteiger partial charge in [-0.15, -0.1) is 13.2 Å². The zero-order valence-corrected chi connectivity index (χ0v) is 14.8. The number of imidazole rings is 1. The molecule has 2 aromatic carbocycles. The zero-order chi connectivity index (χ0) is 20.6. The van der Waals surface area contributed by atoms with E-state index < -0.39 is 12.2 Å². The van der Waals surface area contributed by atoms with Crippen molar-refractivity contribution in [2.24, 2.45) is 0 Å². The minimum atomic E-state index is -4.72. The van der Waals surface area contributed by atoms with E-state index >= 15 is 0 Å². The number of nitrogens with zero attached hydrogens (tertiary/aromatic N) is 3. The molecule has 0 bridgehead atoms. The second kappa shape index (κ2) is 7.23. The molecule has 2 aromatic rings. The molecule has 0 atom stereocenters. The molecule has 9 heteroatoms. The van der Waals surface area contributed by atoms with E-state index in [9.17, 15) is 17.6 Å². The Morgan fingerprint density at radius 3 is 2.41 bits per heavy atom. The number of rotatable bonds is 4. The lowest BCUT2D eigenvalue weighted by molar-refractivity contribution is -0.274. The van der Waals surface area contributed by atoms with Crippen LogP contribution in [0, 0.1) is 5.82 Å². The highest BCUT2D eigenvalue weighted by Crippen LogP contribution is 2.26. The van der Waals surface area contributed by atoms with Crippen molar-refractivity contribution in [2.45, 2.75) is 12.9 Å². The van der Waals surface area contributed by atoms with Crippen LogP contribution in [0.15, 0.2) is 60.9 Å². The quantitative estimate of drug-likeness (QED) is 0.387. The van der Waals surface area contributed by atoms with Gasteiger partial charge < -0.3 is 9.30 Å². The molecule has 2 aliphatic heterocycles. The van der Waals surface area contributed by atoms with E-state index in [0.717, 1.165) is 5.56 Å². The fourth-order valence-electron chi connectivity index (χ4n) is 2.90. The molecule has 0 aliphatic carbocycles. The molecule has 0 unspecified atom stereocenters. The molecule has 0 fully saturated rings. The summed E-state index contributed by atoms with van der Waals surface area (Å²) in [5.74, 6) is -0.620. The lowest BCUT2D eigenvalue weighted by atomic mass is 9.93. The van der Waals surface area contributed by atoms with Gasteiger partial charge in [0.2, 0.25) is 0 Å². The molecule has 29 heavy (non-hydrogen) atoms. The average Bonchev–Trinajstić information content (AvgIpc) is 3.07. The lowest BCUT2D eigenvalue weighted by Crippen LogP contribution is -2.17. The summed E-state index contributed by atoms with van der Waals surface area (Å²) in [6, 6.07) is 12.0. The first-order chi connectivity index (χ1) is 13.8. The van der Waals surface area contributed by atoms with Crippen molar-refractivity contribution in [1.82, 2.24) is 14.5 Å². The van der Waals surface area contributed by atoms with E-state index in [1.165, 1.54) is 18.2 Å². The lowest BCUT2D eigenvalue weighted by Gasteiger charge is -2.11. The van der Waals surface area contributed by atoms with Gasteiger partial charge in [-0.1, -0.05) is 29.7 Å². The summed E-state index contributed by atoms with van der Waals surface area (Å²) in [7, 11) is 5.60. The third-order valence-electron chi connectivity index (χ3n) is 4.22. The summed E-state index contributed by atoms with van der Waals surface area (Å²) < 4.78 is 56.6. The third-order valence-corrected chi connectivity index (χ3v) is 4.22. The molecule has 2 radical (unpaired) electrons. The summed E-state index contributed by atoms with van der Waals surface area (Å²) in [5, 5.41) is 0. The summed E-state index contributed by atoms with van der Waals surface area (Å²) in [5.41, 5.74) is 2.15. The summed E-state index contributed by atoms with van der Waals surface area (Å²) in [4.78, 5) is 8.70. The first-order valence-corrected chi connectivity index (χ1v) is 8.51. The molecule has 0 saturated heterocycles. The molecule has 0 saturated carbocycles. The smallest absolute Gasteiger partial charge is 0.406 e. The van der Waals surface area contributed by atoms with Crippen LogP contribution in [0.3, 0.4) is 0 Å². The monoisotopic (exact) mass is 397 g/mol. The van der Waals surface area contributed by atoms with Crippen LogP contribution in [-0.4, -0.2) is 28.7 Å². The van der Waals surface area contributed by atoms with Gasteiger partial charge >= 0.3 is 6.36 Å². The van der Waals surface area contributed by atoms with Gasteiger partial charge in [0.1, 0.15) is 25.1 Å². The van der Waals surface area contributed by atoms with Gasteiger partial charge in [-0.2, -0.15) is 0 Å². The van der Waals surface area contributed by atoms with Crippen molar-refractivity contribution in [3.05, 3.63) is 72.3 Å². The van der Waals surface area contributed by atoms with E-state index in [4.69, 9.17) is 7.85 Å². The van der Waals surface area contributed by atoms with Crippen molar-refractivity contribution in [2.75, 3.05) is 0 Å². The maximum atomic E-state index is 14.2. The summed E-state index contributed by atoms with van der Waals surface area (Å²) >= 11 is 0. The zero-order valence-electron chi connectivity index (χ0n) is 14.8. The number of hydrogen-bond donors (Lipinski definition) is 0. The SMILES string of the molecule is [B]c1cccc(-c2nc3ccn(Cc4ccc(OC(F)(F)F)cc4)cc-3n2)c1F. The van der Waals surface area contributed by atoms with Crippen LogP contribution in [0.25, 0.3) is 22.8 Å². The Labute approximate surface area is 164 Å². The number of halogens is 4. The molecule has 0 aromatic heterocycles. The van der Waals surface area contributed by atoms with E-state index in [1.807, 2.05) is 0 Å². The molecule has 4 nitrogen and oxygen atoms in total. The van der Waals surface area contributed by atoms with E-state index in [1.54, 1.807) is 47.3 Å². The first kappa shape index (κ1) is 19.0. The largest absolute Gasteiger partial charge is 0.573 e. The highest BCUT2D eigenvalue weighted by atomic mass is 19.4. The number of hydrogen-bond acceptors (Lipinski definition) is 3. The number of aromatic nitrogens is 3. The number of alkyl halides is 3. The van der Waals surface area contributed by atoms with Gasteiger partial charge in [0.05, 0.1) is 11.3 Å². The van der Waals surface area contributed by atoms with Crippen LogP contribution in [0.5, 0.6) is 5.75 Å². The van der Waals surface area contributed by atoms with Crippen molar-refractivity contribution in [3.8, 4) is 28.5 Å². The highest BCUT2D eigenvalue weighted by molar-refractivity contribution is 6.32. The van der Waals surface area contributed by atoms with Crippen LogP contribution >= 0.6 is 0 Å². The maximum Gasteiger partial charge on any atom is 0.573 e. The number of pyridine rings is 1. The van der Waals surface area contributed by atoms with E-state index in [-0.39, 0.29) is 22.6 Å². The summed E-state index contributed by atoms with van der Waals surface area (Å²) in [6.45, 7) is 0.400. The Morgan fingerprint density at radius 1 is 0.966 bits per heavy atom. The molecule has 144 valence electrons. The Morgan fingerprint density at radius 2 is 1.69 bits per heavy atom. The Balaban J connectivity index is 1.57. The van der Waals surface area contributed by atoms with Gasteiger partial charge in [0.15, 0.2) is 5.82 Å². The average molecular weight is 397 g/mol. The van der Waals surface area contributed by atoms with Gasteiger partial charge in [-0.05, 0) is 29.8 Å². The molecule has 4 rings (SSSR count). The standard InChI is InChI=1S/C20H12BF4N3O/c21-15-3-1-2-14(18(15)22)19-26-16-8-9-28(11-17(16)27-19)10-12-4-6-13(7-5-12)29-20(23,24)25/h1-9,11H,10H2. The fraction of sp³-hybridized carbons (Fsp3) is 0.100. The number of benzene rings is 2. The predicted molar refractivity (Wildman–Crippen MR) is 99.7 cm³/mol. The molecule has 0 amide bonds. The highest BCUT2D eigenvalue weighted by Gasteiger charge is 2.30. The number of ether oxygens (including phenoxy) is 1. The molecule has 2 heterocycles. The minimum Gasteiger partial charge on any atom is -0.406 e. The normalized spacial score (nSPS) is 11.7. The van der Waals surface area contributed by atoms with Crippen LogP contribution in [0.4, 0.5) is 17.6 Å². The topological polar surface area (TPSA) is 39.9 Å². The van der Waals surface area contributed by atoms with E-state index in [0.29, 0.717) is 17.9 Å². The maximum absolute atomic E-state index is 14.2. The molecule has 0 spiro atoms. The first-order valence-electron chi connectivity index (χ1n) is 8.51. The van der Waals surface area contributed by atoms with Crippen LogP contribution in [0.1, 0.15) is 5.56 Å². The molecule has 2 aliphatic rings. The Kier molecular flexibility index (Phi) is 4.73. The molecular formula is C20H12BF4N3O. The van der Waals surface area contributed by atoms with Gasteiger partial charge in [-0.3, -0.25) is 0 Å². The molecule has 0 N–H and O–H groups in total. The second-order valence-corrected chi connectivity index (χ2v) is 6.34. The number of fused-ring (bicyclic) bond motifs is 1. The van der Waals surface area contributed by atoms with Crippen LogP contribution < -0.4 is 10.2 Å². The van der Waals surface area contributed by atoms with E-state index in [2.05, 4.69) is 14.7 Å². The van der Waals surface area contributed by atoms with Gasteiger partial charge in [-0.25, -0.2) is 14.4 Å². The van der Waals surface area contributed by atoms with Crippen LogP contribution in [-0.2, 0) is 6.54 Å². The van der Waals surface area contributed by atoms with Crippen molar-refractivity contribution in [3.63, 3.8) is 0 Å². The van der Waals surface area contributed by atoms with Crippen LogP contribution in [0.2, 0.25) is 0 Å². The van der Waals surface area contributed by atoms with Crippen molar-refractivity contribution < 1.29 is 22.3 Å². The van der Waals surface area contributed by atoms with Crippen molar-refractivity contribution in [1.29, 1.82) is 0 Å². The van der Waals surface area contributed by atoms with Gasteiger partial charge in [0, 0.05) is 18.9 Å². The predicted octanol–water partition coefficient (Wildman–Crippen LogP) is 3.93. The minimum absolute atomic E-state index is 0.0179. The summed E-state index contributed by atoms with van der Waals surface area (Å²) in [6.07, 6.45) is -1.23. The fourth-order valence-corrected chi connectivity index (χ4v) is 2.90. The second-order valence-electron chi connectivity index (χ2n) is 6.34. The van der Waals surface area contributed by atoms with Gasteiger partial charge in [0.25, 0.3) is 0 Å².